The van der Waals surface area contributed by atoms with Crippen molar-refractivity contribution in [3.63, 3.8) is 0 Å². The lowest BCUT2D eigenvalue weighted by Crippen LogP contribution is -2.35. The smallest absolute Gasteiger partial charge is 0.161 e. The molecule has 1 aliphatic carbocycles. The van der Waals surface area contributed by atoms with Crippen molar-refractivity contribution < 1.29 is 4.79 Å². The van der Waals surface area contributed by atoms with Crippen molar-refractivity contribution in [1.82, 2.24) is 0 Å². The van der Waals surface area contributed by atoms with E-state index < -0.39 is 0 Å². The van der Waals surface area contributed by atoms with Crippen molar-refractivity contribution in [2.24, 2.45) is 16.3 Å². The van der Waals surface area contributed by atoms with Gasteiger partial charge in [0.2, 0.25) is 0 Å². The van der Waals surface area contributed by atoms with Gasteiger partial charge in [0.05, 0.1) is 12.0 Å². The van der Waals surface area contributed by atoms with E-state index in [0.717, 1.165) is 42.1 Å². The number of carbonyl (C=O) groups is 1. The summed E-state index contributed by atoms with van der Waals surface area (Å²) >= 11 is 0. The van der Waals surface area contributed by atoms with Gasteiger partial charge in [-0.05, 0) is 50.3 Å². The number of hydrogen-bond donors (Lipinski definition) is 0. The molecule has 4 heteroatoms. The first kappa shape index (κ1) is 19.4. The minimum absolute atomic E-state index is 0.0731. The number of Topliss-reactive ketones (excluding diaryl/α,β-unsaturated/α-hetero) is 1. The Morgan fingerprint density at radius 3 is 2.37 bits per heavy atom. The van der Waals surface area contributed by atoms with Gasteiger partial charge in [0.1, 0.15) is 0 Å². The molecule has 2 atom stereocenters. The molecule has 0 fully saturated rings. The van der Waals surface area contributed by atoms with Crippen molar-refractivity contribution >= 4 is 17.2 Å². The van der Waals surface area contributed by atoms with Gasteiger partial charge >= 0.3 is 0 Å². The summed E-state index contributed by atoms with van der Waals surface area (Å²) in [5.41, 5.74) is 4.60. The zero-order valence-electron chi connectivity index (χ0n) is 17.0. The summed E-state index contributed by atoms with van der Waals surface area (Å²) in [6.07, 6.45) is 1.31. The van der Waals surface area contributed by atoms with E-state index in [1.54, 1.807) is 0 Å². The molecule has 27 heavy (non-hydrogen) atoms. The molecule has 1 aliphatic heterocycles. The summed E-state index contributed by atoms with van der Waals surface area (Å²) in [5.74, 6) is -0.444. The van der Waals surface area contributed by atoms with Crippen LogP contribution in [0.2, 0.25) is 0 Å². The van der Waals surface area contributed by atoms with Gasteiger partial charge in [0, 0.05) is 48.1 Å². The zero-order valence-corrected chi connectivity index (χ0v) is 17.0. The van der Waals surface area contributed by atoms with E-state index in [2.05, 4.69) is 62.9 Å². The second kappa shape index (κ2) is 7.31. The Balaban J connectivity index is 2.07. The van der Waals surface area contributed by atoms with Crippen LogP contribution in [0.15, 0.2) is 40.5 Å². The Morgan fingerprint density at radius 1 is 1.19 bits per heavy atom. The molecular weight excluding hydrogens is 334 g/mol. The lowest BCUT2D eigenvalue weighted by molar-refractivity contribution is -0.118. The van der Waals surface area contributed by atoms with E-state index >= 15 is 0 Å². The SMILES string of the molecule is CCN(CC)c1ccc([C@@H]2C3=C(CC(C)(C)CC3=O)N=C(C)C2C#N)cc1. The highest BCUT2D eigenvalue weighted by Crippen LogP contribution is 2.47. The van der Waals surface area contributed by atoms with Crippen LogP contribution < -0.4 is 4.90 Å². The maximum absolute atomic E-state index is 13.0. The standard InChI is InChI=1S/C23H29N3O/c1-6-26(7-2)17-10-8-16(9-11-17)21-18(14-24)15(3)25-19-12-23(4,5)13-20(27)22(19)21/h8-11,18,21H,6-7,12-13H2,1-5H3/t18?,21-/m0/s1. The highest BCUT2D eigenvalue weighted by atomic mass is 16.1. The minimum atomic E-state index is -0.381. The van der Waals surface area contributed by atoms with Gasteiger partial charge in [-0.25, -0.2) is 0 Å². The van der Waals surface area contributed by atoms with Crippen LogP contribution in [-0.4, -0.2) is 24.6 Å². The molecule has 142 valence electrons. The van der Waals surface area contributed by atoms with E-state index in [-0.39, 0.29) is 23.0 Å². The number of carbonyl (C=O) groups excluding carboxylic acids is 1. The van der Waals surface area contributed by atoms with Crippen LogP contribution in [0.25, 0.3) is 0 Å². The average molecular weight is 364 g/mol. The monoisotopic (exact) mass is 363 g/mol. The Hall–Kier alpha value is -2.41. The number of ketones is 1. The van der Waals surface area contributed by atoms with Crippen LogP contribution in [-0.2, 0) is 4.79 Å². The number of rotatable bonds is 4. The summed E-state index contributed by atoms with van der Waals surface area (Å²) in [6.45, 7) is 12.3. The van der Waals surface area contributed by atoms with E-state index in [1.807, 2.05) is 6.92 Å². The molecule has 0 saturated heterocycles. The predicted molar refractivity (Wildman–Crippen MR) is 110 cm³/mol. The lowest BCUT2D eigenvalue weighted by atomic mass is 9.67. The zero-order chi connectivity index (χ0) is 19.8. The molecule has 0 spiro atoms. The Labute approximate surface area is 162 Å². The van der Waals surface area contributed by atoms with Gasteiger partial charge in [-0.1, -0.05) is 26.0 Å². The van der Waals surface area contributed by atoms with Gasteiger partial charge in [-0.3, -0.25) is 9.79 Å². The molecule has 0 aromatic heterocycles. The molecule has 0 amide bonds. The Kier molecular flexibility index (Phi) is 5.24. The minimum Gasteiger partial charge on any atom is -0.372 e. The third-order valence-electron chi connectivity index (χ3n) is 5.82. The summed E-state index contributed by atoms with van der Waals surface area (Å²) in [4.78, 5) is 20.0. The summed E-state index contributed by atoms with van der Waals surface area (Å²) in [7, 11) is 0. The van der Waals surface area contributed by atoms with Gasteiger partial charge in [0.15, 0.2) is 5.78 Å². The fourth-order valence-electron chi connectivity index (χ4n) is 4.45. The quantitative estimate of drug-likeness (QED) is 0.766. The molecule has 0 radical (unpaired) electrons. The molecular formula is C23H29N3O. The molecule has 3 rings (SSSR count). The number of aliphatic imine (C=N–C) groups is 1. The number of hydrogen-bond acceptors (Lipinski definition) is 4. The number of benzene rings is 1. The highest BCUT2D eigenvalue weighted by Gasteiger charge is 2.43. The van der Waals surface area contributed by atoms with Gasteiger partial charge < -0.3 is 4.90 Å². The first-order chi connectivity index (χ1) is 12.8. The molecule has 2 aliphatic rings. The lowest BCUT2D eigenvalue weighted by Gasteiger charge is -2.38. The van der Waals surface area contributed by atoms with Gasteiger partial charge in [-0.2, -0.15) is 5.26 Å². The van der Waals surface area contributed by atoms with Crippen LogP contribution in [0.4, 0.5) is 5.69 Å². The Morgan fingerprint density at radius 2 is 1.81 bits per heavy atom. The number of nitriles is 1. The van der Waals surface area contributed by atoms with E-state index in [1.165, 1.54) is 5.69 Å². The molecule has 1 aromatic rings. The maximum Gasteiger partial charge on any atom is 0.161 e. The molecule has 0 N–H and O–H groups in total. The van der Waals surface area contributed by atoms with Crippen molar-refractivity contribution in [2.75, 3.05) is 18.0 Å². The summed E-state index contributed by atoms with van der Waals surface area (Å²) in [5, 5.41) is 9.82. The fraction of sp³-hybridized carbons (Fsp3) is 0.522. The van der Waals surface area contributed by atoms with E-state index in [0.29, 0.717) is 6.42 Å². The topological polar surface area (TPSA) is 56.5 Å². The summed E-state index contributed by atoms with van der Waals surface area (Å²) in [6, 6.07) is 10.8. The number of anilines is 1. The van der Waals surface area contributed by atoms with Crippen LogP contribution in [0, 0.1) is 22.7 Å². The highest BCUT2D eigenvalue weighted by molar-refractivity contribution is 6.03. The third kappa shape index (κ3) is 3.56. The molecule has 1 unspecified atom stereocenters. The van der Waals surface area contributed by atoms with Crippen LogP contribution in [0.1, 0.15) is 58.9 Å². The first-order valence-corrected chi connectivity index (χ1v) is 9.87. The third-order valence-corrected chi connectivity index (χ3v) is 5.82. The largest absolute Gasteiger partial charge is 0.372 e. The van der Waals surface area contributed by atoms with Crippen molar-refractivity contribution in [1.29, 1.82) is 5.26 Å². The van der Waals surface area contributed by atoms with E-state index in [9.17, 15) is 10.1 Å². The molecule has 0 bridgehead atoms. The van der Waals surface area contributed by atoms with Crippen molar-refractivity contribution in [2.45, 2.75) is 53.4 Å². The number of allylic oxidation sites excluding steroid dienone is 2. The van der Waals surface area contributed by atoms with Crippen LogP contribution >= 0.6 is 0 Å². The van der Waals surface area contributed by atoms with E-state index in [4.69, 9.17) is 4.99 Å². The molecule has 1 aromatic carbocycles. The average Bonchev–Trinajstić information content (AvgIpc) is 2.61. The molecule has 0 saturated carbocycles. The normalized spacial score (nSPS) is 24.1. The van der Waals surface area contributed by atoms with Gasteiger partial charge in [-0.15, -0.1) is 0 Å². The van der Waals surface area contributed by atoms with Crippen molar-refractivity contribution in [3.05, 3.63) is 41.1 Å². The predicted octanol–water partition coefficient (Wildman–Crippen LogP) is 4.87. The van der Waals surface area contributed by atoms with Crippen molar-refractivity contribution in [3.8, 4) is 6.07 Å². The second-order valence-corrected chi connectivity index (χ2v) is 8.40. The first-order valence-electron chi connectivity index (χ1n) is 9.87. The summed E-state index contributed by atoms with van der Waals surface area (Å²) < 4.78 is 0. The molecule has 4 nitrogen and oxygen atoms in total. The maximum atomic E-state index is 13.0. The number of nitrogens with zero attached hydrogens (tertiary/aromatic N) is 3. The second-order valence-electron chi connectivity index (χ2n) is 8.40. The van der Waals surface area contributed by atoms with Crippen LogP contribution in [0.3, 0.4) is 0 Å². The van der Waals surface area contributed by atoms with Gasteiger partial charge in [0.25, 0.3) is 0 Å². The molecule has 1 heterocycles. The fourth-order valence-corrected chi connectivity index (χ4v) is 4.45. The Bertz CT molecular complexity index is 835. The van der Waals surface area contributed by atoms with Crippen LogP contribution in [0.5, 0.6) is 0 Å².